The van der Waals surface area contributed by atoms with Crippen molar-refractivity contribution in [2.24, 2.45) is 7.05 Å². The third kappa shape index (κ3) is 4.99. The summed E-state index contributed by atoms with van der Waals surface area (Å²) in [7, 11) is 3.39. The number of hydrogen-bond acceptors (Lipinski definition) is 3. The van der Waals surface area contributed by atoms with E-state index in [1.54, 1.807) is 37.7 Å². The Morgan fingerprint density at radius 2 is 2.00 bits per heavy atom. The van der Waals surface area contributed by atoms with Gasteiger partial charge < -0.3 is 15.6 Å². The van der Waals surface area contributed by atoms with E-state index in [-0.39, 0.29) is 11.5 Å². The molecule has 0 atom stereocenters. The van der Waals surface area contributed by atoms with Crippen LogP contribution in [0.1, 0.15) is 31.7 Å². The van der Waals surface area contributed by atoms with E-state index in [2.05, 4.69) is 12.2 Å². The summed E-state index contributed by atoms with van der Waals surface area (Å²) in [6.45, 7) is 3.86. The van der Waals surface area contributed by atoms with Crippen LogP contribution in [0, 0.1) is 6.92 Å². The van der Waals surface area contributed by atoms with Crippen LogP contribution in [0.4, 0.5) is 5.69 Å². The van der Waals surface area contributed by atoms with Gasteiger partial charge >= 0.3 is 0 Å². The second-order valence-corrected chi connectivity index (χ2v) is 5.81. The number of anilines is 1. The number of aromatic nitrogens is 1. The predicted molar refractivity (Wildman–Crippen MR) is 96.9 cm³/mol. The smallest absolute Gasteiger partial charge is 0.253 e. The Morgan fingerprint density at radius 3 is 2.57 bits per heavy atom. The molecule has 0 unspecified atom stereocenters. The highest BCUT2D eigenvalue weighted by atomic mass is 35.5. The van der Waals surface area contributed by atoms with Crippen molar-refractivity contribution in [3.8, 4) is 0 Å². The van der Waals surface area contributed by atoms with Gasteiger partial charge in [-0.25, -0.2) is 0 Å². The molecule has 2 rings (SSSR count). The number of aryl methyl sites for hydroxylation is 2. The van der Waals surface area contributed by atoms with Gasteiger partial charge in [-0.15, -0.1) is 0 Å². The Balaban J connectivity index is 0.000000284. The van der Waals surface area contributed by atoms with Crippen molar-refractivity contribution in [3.05, 3.63) is 39.1 Å². The van der Waals surface area contributed by atoms with Gasteiger partial charge in [-0.05, 0) is 31.5 Å². The zero-order valence-electron chi connectivity index (χ0n) is 14.1. The lowest BCUT2D eigenvalue weighted by molar-refractivity contribution is -0.120. The second-order valence-electron chi connectivity index (χ2n) is 5.40. The minimum Gasteiger partial charge on any atom is -0.398 e. The number of pyridine rings is 1. The van der Waals surface area contributed by atoms with Crippen LogP contribution < -0.4 is 16.6 Å². The van der Waals surface area contributed by atoms with Crippen LogP contribution in [0.5, 0.6) is 0 Å². The van der Waals surface area contributed by atoms with Crippen molar-refractivity contribution in [1.82, 2.24) is 9.88 Å². The Kier molecular flexibility index (Phi) is 7.10. The maximum atomic E-state index is 11.7. The van der Waals surface area contributed by atoms with Crippen LogP contribution >= 0.6 is 11.6 Å². The number of rotatable bonds is 3. The lowest BCUT2D eigenvalue weighted by atomic mass is 10.1. The molecule has 1 aromatic carbocycles. The fraction of sp³-hybridized carbons (Fsp3) is 0.412. The van der Waals surface area contributed by atoms with Gasteiger partial charge in [0, 0.05) is 31.5 Å². The van der Waals surface area contributed by atoms with Crippen LogP contribution in [-0.2, 0) is 11.8 Å². The Hall–Kier alpha value is -2.01. The minimum atomic E-state index is -0.0108. The first-order valence-electron chi connectivity index (χ1n) is 7.57. The fourth-order valence-corrected chi connectivity index (χ4v) is 2.29. The Bertz CT molecular complexity index is 754. The number of hydrogen-bond donors (Lipinski definition) is 2. The molecule has 1 aromatic heterocycles. The number of nitrogens with zero attached hydrogens (tertiary/aromatic N) is 1. The van der Waals surface area contributed by atoms with Crippen LogP contribution in [0.25, 0.3) is 10.9 Å². The fourth-order valence-electron chi connectivity index (χ4n) is 2.13. The molecule has 6 heteroatoms. The molecule has 0 spiro atoms. The maximum Gasteiger partial charge on any atom is 0.253 e. The average Bonchev–Trinajstić information content (AvgIpc) is 2.53. The van der Waals surface area contributed by atoms with E-state index in [9.17, 15) is 9.59 Å². The monoisotopic (exact) mass is 337 g/mol. The zero-order valence-corrected chi connectivity index (χ0v) is 14.8. The molecule has 0 fully saturated rings. The normalized spacial score (nSPS) is 10.1. The number of nitrogens with one attached hydrogen (secondary N) is 1. The number of carbonyl (C=O) groups excluding carboxylic acids is 1. The number of unbranched alkanes of at least 4 members (excludes halogenated alkanes) is 1. The van der Waals surface area contributed by atoms with E-state index in [0.717, 1.165) is 23.7 Å². The molecule has 23 heavy (non-hydrogen) atoms. The summed E-state index contributed by atoms with van der Waals surface area (Å²) >= 11 is 5.91. The van der Waals surface area contributed by atoms with Crippen LogP contribution in [0.2, 0.25) is 5.02 Å². The number of fused-ring (bicyclic) bond motifs is 1. The molecule has 5 nitrogen and oxygen atoms in total. The van der Waals surface area contributed by atoms with E-state index in [1.807, 2.05) is 6.07 Å². The van der Waals surface area contributed by atoms with E-state index in [4.69, 9.17) is 17.3 Å². The van der Waals surface area contributed by atoms with Crippen LogP contribution in [0.15, 0.2) is 23.0 Å². The highest BCUT2D eigenvalue weighted by Gasteiger charge is 2.06. The van der Waals surface area contributed by atoms with Gasteiger partial charge in [-0.3, -0.25) is 9.59 Å². The van der Waals surface area contributed by atoms with Gasteiger partial charge in [0.1, 0.15) is 0 Å². The minimum absolute atomic E-state index is 0.0108. The van der Waals surface area contributed by atoms with Crippen molar-refractivity contribution in [2.75, 3.05) is 12.8 Å². The molecule has 0 saturated heterocycles. The summed E-state index contributed by atoms with van der Waals surface area (Å²) in [6.07, 6.45) is 2.76. The van der Waals surface area contributed by atoms with E-state index in [0.29, 0.717) is 22.7 Å². The number of carbonyl (C=O) groups is 1. The van der Waals surface area contributed by atoms with Gasteiger partial charge in [0.15, 0.2) is 0 Å². The molecule has 0 aliphatic heterocycles. The number of halogens is 1. The van der Waals surface area contributed by atoms with E-state index in [1.165, 1.54) is 0 Å². The highest BCUT2D eigenvalue weighted by molar-refractivity contribution is 6.33. The summed E-state index contributed by atoms with van der Waals surface area (Å²) in [5.41, 5.74) is 7.72. The quantitative estimate of drug-likeness (QED) is 0.845. The average molecular weight is 338 g/mol. The van der Waals surface area contributed by atoms with Gasteiger partial charge in [-0.2, -0.15) is 0 Å². The summed E-state index contributed by atoms with van der Waals surface area (Å²) in [5.74, 6) is 0.145. The van der Waals surface area contributed by atoms with Crippen molar-refractivity contribution < 1.29 is 4.79 Å². The largest absolute Gasteiger partial charge is 0.398 e. The first-order chi connectivity index (χ1) is 10.8. The lowest BCUT2D eigenvalue weighted by Gasteiger charge is -2.08. The zero-order chi connectivity index (χ0) is 17.6. The molecule has 3 N–H and O–H groups in total. The van der Waals surface area contributed by atoms with Crippen LogP contribution in [0.3, 0.4) is 0 Å². The first kappa shape index (κ1) is 19.0. The number of nitrogens with two attached hydrogens (primary N) is 1. The molecular weight excluding hydrogens is 314 g/mol. The third-order valence-electron chi connectivity index (χ3n) is 3.56. The summed E-state index contributed by atoms with van der Waals surface area (Å²) in [5, 5.41) is 3.96. The third-order valence-corrected chi connectivity index (χ3v) is 3.88. The maximum absolute atomic E-state index is 11.7. The molecule has 1 amide bonds. The number of nitrogen functional groups attached to an aromatic ring is 1. The van der Waals surface area contributed by atoms with Crippen LogP contribution in [-0.4, -0.2) is 17.5 Å². The molecule has 0 aliphatic carbocycles. The predicted octanol–water partition coefficient (Wildman–Crippen LogP) is 3.01. The van der Waals surface area contributed by atoms with Gasteiger partial charge in [0.05, 0.1) is 16.2 Å². The molecule has 0 aliphatic rings. The van der Waals surface area contributed by atoms with Gasteiger partial charge in [-0.1, -0.05) is 24.9 Å². The molecule has 2 aromatic rings. The Morgan fingerprint density at radius 1 is 1.35 bits per heavy atom. The number of benzene rings is 1. The molecule has 0 bridgehead atoms. The topological polar surface area (TPSA) is 77.1 Å². The molecule has 0 radical (unpaired) electrons. The highest BCUT2D eigenvalue weighted by Crippen LogP contribution is 2.25. The molecule has 1 heterocycles. The number of amides is 1. The van der Waals surface area contributed by atoms with Crippen molar-refractivity contribution >= 4 is 34.1 Å². The van der Waals surface area contributed by atoms with Crippen molar-refractivity contribution in [3.63, 3.8) is 0 Å². The van der Waals surface area contributed by atoms with Gasteiger partial charge in [0.25, 0.3) is 5.56 Å². The standard InChI is InChI=1S/C11H11ClN2O.C6H13NO/c1-6-3-7-4-9(13)8(12)5-10(7)14(2)11(6)15;1-3-4-5-6(8)7-2/h3-5H,13H2,1-2H3;3-5H2,1-2H3,(H,7,8). The summed E-state index contributed by atoms with van der Waals surface area (Å²) < 4.78 is 1.58. The molecular formula is C17H24ClN3O2. The van der Waals surface area contributed by atoms with Crippen molar-refractivity contribution in [1.29, 1.82) is 0 Å². The summed E-state index contributed by atoms with van der Waals surface area (Å²) in [4.78, 5) is 22.1. The molecule has 126 valence electrons. The van der Waals surface area contributed by atoms with E-state index >= 15 is 0 Å². The SMILES string of the molecule is CCCCC(=O)NC.Cc1cc2cc(N)c(Cl)cc2n(C)c1=O. The Labute approximate surface area is 141 Å². The van der Waals surface area contributed by atoms with E-state index < -0.39 is 0 Å². The first-order valence-corrected chi connectivity index (χ1v) is 7.95. The van der Waals surface area contributed by atoms with Gasteiger partial charge in [0.2, 0.25) is 5.91 Å². The molecule has 0 saturated carbocycles. The lowest BCUT2D eigenvalue weighted by Crippen LogP contribution is -2.19. The second kappa shape index (κ2) is 8.58. The van der Waals surface area contributed by atoms with Crippen molar-refractivity contribution in [2.45, 2.75) is 33.1 Å². The summed E-state index contributed by atoms with van der Waals surface area (Å²) in [6, 6.07) is 5.32.